The van der Waals surface area contributed by atoms with Crippen molar-refractivity contribution in [2.24, 2.45) is 5.92 Å². The molecule has 1 amide bonds. The Morgan fingerprint density at radius 2 is 1.93 bits per heavy atom. The number of thioether (sulfide) groups is 1. The quantitative estimate of drug-likeness (QED) is 0.542. The summed E-state index contributed by atoms with van der Waals surface area (Å²) in [7, 11) is 3.51. The smallest absolute Gasteiger partial charge is 0.253 e. The predicted octanol–water partition coefficient (Wildman–Crippen LogP) is 3.67. The van der Waals surface area contributed by atoms with Crippen molar-refractivity contribution >= 4 is 50.3 Å². The topological polar surface area (TPSA) is 83.0 Å². The number of nitrogens with zero attached hydrogens (tertiary/aromatic N) is 4. The average Bonchev–Trinajstić information content (AvgIpc) is 3.12. The SMILES string of the molecule is CSc1cnc(NCC(C)CNc2nc3ccc(C(=O)N(C)C)cc3s2)nc1. The number of hydrogen-bond acceptors (Lipinski definition) is 8. The summed E-state index contributed by atoms with van der Waals surface area (Å²) in [4.78, 5) is 27.9. The molecule has 1 unspecified atom stereocenters. The lowest BCUT2D eigenvalue weighted by molar-refractivity contribution is 0.0828. The number of benzene rings is 1. The van der Waals surface area contributed by atoms with Gasteiger partial charge in [-0.05, 0) is 30.4 Å². The maximum absolute atomic E-state index is 12.1. The van der Waals surface area contributed by atoms with E-state index in [0.29, 0.717) is 17.4 Å². The Morgan fingerprint density at radius 1 is 1.21 bits per heavy atom. The first-order valence-corrected chi connectivity index (χ1v) is 11.0. The van der Waals surface area contributed by atoms with Crippen molar-refractivity contribution < 1.29 is 4.79 Å². The summed E-state index contributed by atoms with van der Waals surface area (Å²) >= 11 is 3.18. The number of thiazole rings is 1. The number of carbonyl (C=O) groups is 1. The summed E-state index contributed by atoms with van der Waals surface area (Å²) in [5.41, 5.74) is 1.58. The number of nitrogens with one attached hydrogen (secondary N) is 2. The molecule has 0 bridgehead atoms. The maximum atomic E-state index is 12.1. The van der Waals surface area contributed by atoms with E-state index in [2.05, 4.69) is 32.5 Å². The van der Waals surface area contributed by atoms with Crippen molar-refractivity contribution in [1.29, 1.82) is 0 Å². The minimum atomic E-state index is -0.00251. The zero-order chi connectivity index (χ0) is 20.1. The molecular weight excluding hydrogens is 392 g/mol. The number of fused-ring (bicyclic) bond motifs is 1. The van der Waals surface area contributed by atoms with Crippen LogP contribution in [0.5, 0.6) is 0 Å². The van der Waals surface area contributed by atoms with Crippen LogP contribution < -0.4 is 10.6 Å². The largest absolute Gasteiger partial charge is 0.361 e. The van der Waals surface area contributed by atoms with Crippen molar-refractivity contribution in [2.45, 2.75) is 11.8 Å². The number of hydrogen-bond donors (Lipinski definition) is 2. The summed E-state index contributed by atoms with van der Waals surface area (Å²) < 4.78 is 1.00. The number of amides is 1. The molecule has 3 aromatic rings. The van der Waals surface area contributed by atoms with Gasteiger partial charge in [0.05, 0.1) is 10.2 Å². The molecule has 2 N–H and O–H groups in total. The average molecular weight is 417 g/mol. The van der Waals surface area contributed by atoms with Gasteiger partial charge in [-0.3, -0.25) is 4.79 Å². The predicted molar refractivity (Wildman–Crippen MR) is 118 cm³/mol. The van der Waals surface area contributed by atoms with Gasteiger partial charge in [0.1, 0.15) is 0 Å². The monoisotopic (exact) mass is 416 g/mol. The number of aromatic nitrogens is 3. The molecule has 3 rings (SSSR count). The van der Waals surface area contributed by atoms with Gasteiger partial charge < -0.3 is 15.5 Å². The molecule has 0 radical (unpaired) electrons. The molecule has 28 heavy (non-hydrogen) atoms. The first kappa shape index (κ1) is 20.3. The highest BCUT2D eigenvalue weighted by molar-refractivity contribution is 7.98. The van der Waals surface area contributed by atoms with Crippen LogP contribution in [0.1, 0.15) is 17.3 Å². The maximum Gasteiger partial charge on any atom is 0.253 e. The van der Waals surface area contributed by atoms with Gasteiger partial charge in [-0.25, -0.2) is 15.0 Å². The Labute approximate surface area is 173 Å². The van der Waals surface area contributed by atoms with Gasteiger partial charge in [0.2, 0.25) is 5.95 Å². The molecular formula is C19H24N6OS2. The molecule has 0 saturated heterocycles. The fourth-order valence-electron chi connectivity index (χ4n) is 2.50. The van der Waals surface area contributed by atoms with Crippen LogP contribution in [0, 0.1) is 5.92 Å². The van der Waals surface area contributed by atoms with E-state index in [1.54, 1.807) is 42.1 Å². The highest BCUT2D eigenvalue weighted by atomic mass is 32.2. The second kappa shape index (κ2) is 9.20. The molecule has 2 aromatic heterocycles. The van der Waals surface area contributed by atoms with E-state index < -0.39 is 0 Å². The normalized spacial score (nSPS) is 12.0. The molecule has 0 fully saturated rings. The van der Waals surface area contributed by atoms with Crippen LogP contribution in [0.15, 0.2) is 35.5 Å². The fourth-order valence-corrected chi connectivity index (χ4v) is 3.73. The number of rotatable bonds is 8. The lowest BCUT2D eigenvalue weighted by atomic mass is 10.2. The van der Waals surface area contributed by atoms with Gasteiger partial charge in [0.15, 0.2) is 5.13 Å². The van der Waals surface area contributed by atoms with Gasteiger partial charge in [-0.15, -0.1) is 11.8 Å². The van der Waals surface area contributed by atoms with Crippen LogP contribution in [0.25, 0.3) is 10.2 Å². The molecule has 2 heterocycles. The van der Waals surface area contributed by atoms with Gasteiger partial charge in [0, 0.05) is 50.0 Å². The molecule has 7 nitrogen and oxygen atoms in total. The van der Waals surface area contributed by atoms with E-state index in [0.717, 1.165) is 33.3 Å². The van der Waals surface area contributed by atoms with Crippen molar-refractivity contribution in [3.05, 3.63) is 36.2 Å². The van der Waals surface area contributed by atoms with E-state index in [-0.39, 0.29) is 5.91 Å². The van der Waals surface area contributed by atoms with Crippen LogP contribution in [-0.2, 0) is 0 Å². The van der Waals surface area contributed by atoms with E-state index in [1.165, 1.54) is 0 Å². The fraction of sp³-hybridized carbons (Fsp3) is 0.368. The van der Waals surface area contributed by atoms with Crippen LogP contribution in [-0.4, -0.2) is 59.2 Å². The summed E-state index contributed by atoms with van der Waals surface area (Å²) in [6, 6.07) is 5.62. The molecule has 0 spiro atoms. The number of anilines is 2. The Balaban J connectivity index is 1.54. The molecule has 0 aliphatic carbocycles. The van der Waals surface area contributed by atoms with Crippen LogP contribution in [0.3, 0.4) is 0 Å². The van der Waals surface area contributed by atoms with Gasteiger partial charge in [-0.1, -0.05) is 18.3 Å². The standard InChI is InChI=1S/C19H24N6OS2/c1-12(8-20-18-21-10-14(27-4)11-22-18)9-23-19-24-15-6-5-13(7-16(15)28-19)17(26)25(2)3/h5-7,10-12H,8-9H2,1-4H3,(H,23,24)(H,20,21,22). The third-order valence-electron chi connectivity index (χ3n) is 4.12. The molecule has 1 aromatic carbocycles. The highest BCUT2D eigenvalue weighted by Gasteiger charge is 2.11. The Kier molecular flexibility index (Phi) is 6.69. The minimum Gasteiger partial charge on any atom is -0.361 e. The van der Waals surface area contributed by atoms with Gasteiger partial charge >= 0.3 is 0 Å². The van der Waals surface area contributed by atoms with Crippen molar-refractivity contribution in [2.75, 3.05) is 44.1 Å². The van der Waals surface area contributed by atoms with E-state index in [4.69, 9.17) is 0 Å². The van der Waals surface area contributed by atoms with Crippen molar-refractivity contribution in [3.8, 4) is 0 Å². The highest BCUT2D eigenvalue weighted by Crippen LogP contribution is 2.27. The van der Waals surface area contributed by atoms with Gasteiger partial charge in [0.25, 0.3) is 5.91 Å². The summed E-state index contributed by atoms with van der Waals surface area (Å²) in [5.74, 6) is 1.00. The lowest BCUT2D eigenvalue weighted by Gasteiger charge is -2.13. The third kappa shape index (κ3) is 5.11. The second-order valence-corrected chi connectivity index (χ2v) is 8.62. The Hall–Kier alpha value is -2.39. The zero-order valence-electron chi connectivity index (χ0n) is 16.4. The lowest BCUT2D eigenvalue weighted by Crippen LogP contribution is -2.21. The van der Waals surface area contributed by atoms with E-state index in [1.807, 2.05) is 36.8 Å². The van der Waals surface area contributed by atoms with Crippen LogP contribution in [0.4, 0.5) is 11.1 Å². The molecule has 148 valence electrons. The summed E-state index contributed by atoms with van der Waals surface area (Å²) in [5, 5.41) is 7.50. The minimum absolute atomic E-state index is 0.00251. The Morgan fingerprint density at radius 3 is 2.61 bits per heavy atom. The number of carbonyl (C=O) groups excluding carboxylic acids is 1. The van der Waals surface area contributed by atoms with Crippen LogP contribution >= 0.6 is 23.1 Å². The molecule has 0 saturated carbocycles. The second-order valence-electron chi connectivity index (χ2n) is 6.71. The molecule has 0 aliphatic rings. The van der Waals surface area contributed by atoms with E-state index in [9.17, 15) is 4.79 Å². The first-order valence-electron chi connectivity index (χ1n) is 8.92. The summed E-state index contributed by atoms with van der Waals surface area (Å²) in [6.45, 7) is 3.69. The zero-order valence-corrected chi connectivity index (χ0v) is 18.0. The molecule has 1 atom stereocenters. The first-order chi connectivity index (χ1) is 13.5. The van der Waals surface area contributed by atoms with Gasteiger partial charge in [-0.2, -0.15) is 0 Å². The van der Waals surface area contributed by atoms with Crippen LogP contribution in [0.2, 0.25) is 0 Å². The summed E-state index contributed by atoms with van der Waals surface area (Å²) in [6.07, 6.45) is 5.64. The molecule has 9 heteroatoms. The molecule has 0 aliphatic heterocycles. The Bertz CT molecular complexity index is 941. The van der Waals surface area contributed by atoms with Crippen molar-refractivity contribution in [1.82, 2.24) is 19.9 Å². The third-order valence-corrected chi connectivity index (χ3v) is 5.77. The van der Waals surface area contributed by atoms with E-state index >= 15 is 0 Å². The van der Waals surface area contributed by atoms with Crippen molar-refractivity contribution in [3.63, 3.8) is 0 Å².